The highest BCUT2D eigenvalue weighted by atomic mass is 35.5. The molecule has 2 aromatic rings. The minimum absolute atomic E-state index is 0.113. The van der Waals surface area contributed by atoms with E-state index in [1.165, 1.54) is 0 Å². The molecule has 0 heterocycles. The highest BCUT2D eigenvalue weighted by molar-refractivity contribution is 6.31. The van der Waals surface area contributed by atoms with E-state index in [0.717, 1.165) is 18.4 Å². The molecule has 0 aromatic heterocycles. The van der Waals surface area contributed by atoms with Gasteiger partial charge in [-0.2, -0.15) is 0 Å². The lowest BCUT2D eigenvalue weighted by atomic mass is 10.1. The molecule has 168 valence electrons. The lowest BCUT2D eigenvalue weighted by molar-refractivity contribution is -0.140. The van der Waals surface area contributed by atoms with Crippen LogP contribution in [0.15, 0.2) is 48.5 Å². The molecule has 0 aliphatic carbocycles. The summed E-state index contributed by atoms with van der Waals surface area (Å²) in [5.74, 6) is 0.428. The summed E-state index contributed by atoms with van der Waals surface area (Å²) in [6.45, 7) is 5.08. The summed E-state index contributed by atoms with van der Waals surface area (Å²) in [6.07, 6.45) is 2.69. The molecule has 0 aliphatic rings. The van der Waals surface area contributed by atoms with Gasteiger partial charge in [0.05, 0.1) is 6.61 Å². The Balaban J connectivity index is 1.98. The number of nitrogens with zero attached hydrogens (tertiary/aromatic N) is 1. The fraction of sp³-hybridized carbons (Fsp3) is 0.417. The number of carbonyl (C=O) groups is 2. The van der Waals surface area contributed by atoms with E-state index in [0.29, 0.717) is 35.4 Å². The van der Waals surface area contributed by atoms with Crippen LogP contribution in [0.3, 0.4) is 0 Å². The minimum atomic E-state index is -0.599. The Morgan fingerprint density at radius 1 is 1.06 bits per heavy atom. The van der Waals surface area contributed by atoms with E-state index in [-0.39, 0.29) is 24.8 Å². The van der Waals surface area contributed by atoms with Gasteiger partial charge in [0.1, 0.15) is 11.8 Å². The third kappa shape index (κ3) is 8.42. The summed E-state index contributed by atoms with van der Waals surface area (Å²) < 4.78 is 5.67. The molecule has 31 heavy (non-hydrogen) atoms. The molecule has 2 amide bonds. The summed E-state index contributed by atoms with van der Waals surface area (Å²) in [6, 6.07) is 13.9. The fourth-order valence-electron chi connectivity index (χ4n) is 3.02. The normalized spacial score (nSPS) is 11.6. The number of hydrogen-bond donors (Lipinski definition) is 1. The number of halogens is 2. The van der Waals surface area contributed by atoms with Crippen molar-refractivity contribution in [2.24, 2.45) is 0 Å². The van der Waals surface area contributed by atoms with Crippen LogP contribution >= 0.6 is 23.2 Å². The van der Waals surface area contributed by atoms with E-state index in [9.17, 15) is 9.59 Å². The quantitative estimate of drug-likeness (QED) is 0.422. The van der Waals surface area contributed by atoms with Crippen LogP contribution in [-0.4, -0.2) is 35.9 Å². The van der Waals surface area contributed by atoms with Crippen molar-refractivity contribution in [3.8, 4) is 5.75 Å². The average Bonchev–Trinajstić information content (AvgIpc) is 2.77. The minimum Gasteiger partial charge on any atom is -0.494 e. The number of rotatable bonds is 12. The van der Waals surface area contributed by atoms with Crippen LogP contribution in [0.5, 0.6) is 5.75 Å². The van der Waals surface area contributed by atoms with Gasteiger partial charge in [-0.3, -0.25) is 9.59 Å². The molecule has 0 unspecified atom stereocenters. The lowest BCUT2D eigenvalue weighted by Gasteiger charge is -2.29. The average molecular weight is 465 g/mol. The topological polar surface area (TPSA) is 58.6 Å². The maximum absolute atomic E-state index is 13.0. The number of hydrogen-bond acceptors (Lipinski definition) is 3. The largest absolute Gasteiger partial charge is 0.494 e. The van der Waals surface area contributed by atoms with Crippen molar-refractivity contribution in [2.45, 2.75) is 52.1 Å². The zero-order valence-corrected chi connectivity index (χ0v) is 19.6. The molecule has 7 heteroatoms. The van der Waals surface area contributed by atoms with Gasteiger partial charge in [0, 0.05) is 29.6 Å². The first-order valence-corrected chi connectivity index (χ1v) is 11.4. The van der Waals surface area contributed by atoms with Crippen LogP contribution in [0.4, 0.5) is 0 Å². The Morgan fingerprint density at radius 3 is 2.45 bits per heavy atom. The summed E-state index contributed by atoms with van der Waals surface area (Å²) in [5, 5.41) is 4.13. The maximum Gasteiger partial charge on any atom is 0.242 e. The summed E-state index contributed by atoms with van der Waals surface area (Å²) in [4.78, 5) is 27.2. The Hall–Kier alpha value is -2.24. The van der Waals surface area contributed by atoms with Crippen molar-refractivity contribution in [3.05, 3.63) is 64.1 Å². The smallest absolute Gasteiger partial charge is 0.242 e. The van der Waals surface area contributed by atoms with E-state index in [4.69, 9.17) is 27.9 Å². The third-order valence-corrected chi connectivity index (χ3v) is 5.53. The Kier molecular flexibility index (Phi) is 10.7. The van der Waals surface area contributed by atoms with Gasteiger partial charge in [-0.25, -0.2) is 0 Å². The van der Waals surface area contributed by atoms with Gasteiger partial charge in [0.2, 0.25) is 11.8 Å². The van der Waals surface area contributed by atoms with E-state index in [1.807, 2.05) is 18.2 Å². The highest BCUT2D eigenvalue weighted by Gasteiger charge is 2.26. The van der Waals surface area contributed by atoms with Gasteiger partial charge in [0.15, 0.2) is 0 Å². The van der Waals surface area contributed by atoms with Crippen molar-refractivity contribution < 1.29 is 14.3 Å². The van der Waals surface area contributed by atoms with Gasteiger partial charge in [0.25, 0.3) is 0 Å². The number of carbonyl (C=O) groups excluding carboxylic acids is 2. The van der Waals surface area contributed by atoms with Gasteiger partial charge < -0.3 is 15.0 Å². The molecule has 0 saturated carbocycles. The Bertz CT molecular complexity index is 843. The molecule has 2 aromatic carbocycles. The maximum atomic E-state index is 13.0. The van der Waals surface area contributed by atoms with Crippen molar-refractivity contribution >= 4 is 35.0 Å². The van der Waals surface area contributed by atoms with Crippen molar-refractivity contribution in [3.63, 3.8) is 0 Å². The molecule has 0 saturated heterocycles. The molecule has 0 fully saturated rings. The molecule has 0 radical (unpaired) electrons. The second-order valence-corrected chi connectivity index (χ2v) is 8.18. The molecule has 0 bridgehead atoms. The SMILES string of the molecule is CCCCNC(=O)[C@@H](C)N(Cc1ccccc1Cl)C(=O)CCCOc1ccc(Cl)cc1. The predicted molar refractivity (Wildman–Crippen MR) is 126 cm³/mol. The zero-order chi connectivity index (χ0) is 22.6. The van der Waals surface area contributed by atoms with E-state index in [1.54, 1.807) is 42.2 Å². The predicted octanol–water partition coefficient (Wildman–Crippen LogP) is 5.49. The number of unbranched alkanes of at least 4 members (excludes halogenated alkanes) is 1. The molecule has 1 N–H and O–H groups in total. The third-order valence-electron chi connectivity index (χ3n) is 4.91. The second-order valence-electron chi connectivity index (χ2n) is 7.34. The van der Waals surface area contributed by atoms with Crippen LogP contribution < -0.4 is 10.1 Å². The van der Waals surface area contributed by atoms with Crippen LogP contribution in [-0.2, 0) is 16.1 Å². The lowest BCUT2D eigenvalue weighted by Crippen LogP contribution is -2.47. The van der Waals surface area contributed by atoms with Gasteiger partial charge in [-0.1, -0.05) is 54.7 Å². The fourth-order valence-corrected chi connectivity index (χ4v) is 3.34. The van der Waals surface area contributed by atoms with E-state index < -0.39 is 6.04 Å². The monoisotopic (exact) mass is 464 g/mol. The molecule has 0 aliphatic heterocycles. The number of nitrogens with one attached hydrogen (secondary N) is 1. The first-order chi connectivity index (χ1) is 14.9. The Labute approximate surface area is 194 Å². The number of ether oxygens (including phenoxy) is 1. The summed E-state index contributed by atoms with van der Waals surface area (Å²) in [7, 11) is 0. The van der Waals surface area contributed by atoms with Crippen LogP contribution in [0, 0.1) is 0 Å². The van der Waals surface area contributed by atoms with E-state index in [2.05, 4.69) is 12.2 Å². The first-order valence-electron chi connectivity index (χ1n) is 10.6. The van der Waals surface area contributed by atoms with Crippen LogP contribution in [0.25, 0.3) is 0 Å². The molecule has 2 rings (SSSR count). The molecular formula is C24H30Cl2N2O3. The van der Waals surface area contributed by atoms with Gasteiger partial charge in [-0.05, 0) is 55.7 Å². The summed E-state index contributed by atoms with van der Waals surface area (Å²) >= 11 is 12.2. The molecule has 5 nitrogen and oxygen atoms in total. The Morgan fingerprint density at radius 2 is 1.77 bits per heavy atom. The first kappa shape index (κ1) is 25.0. The van der Waals surface area contributed by atoms with Gasteiger partial charge in [-0.15, -0.1) is 0 Å². The van der Waals surface area contributed by atoms with Crippen LogP contribution in [0.2, 0.25) is 10.0 Å². The van der Waals surface area contributed by atoms with E-state index >= 15 is 0 Å². The molecule has 1 atom stereocenters. The second kappa shape index (κ2) is 13.2. The highest BCUT2D eigenvalue weighted by Crippen LogP contribution is 2.20. The number of amides is 2. The zero-order valence-electron chi connectivity index (χ0n) is 18.1. The number of benzene rings is 2. The molecular weight excluding hydrogens is 435 g/mol. The molecule has 0 spiro atoms. The van der Waals surface area contributed by atoms with Crippen molar-refractivity contribution in [1.82, 2.24) is 10.2 Å². The van der Waals surface area contributed by atoms with Crippen molar-refractivity contribution in [1.29, 1.82) is 0 Å². The summed E-state index contributed by atoms with van der Waals surface area (Å²) in [5.41, 5.74) is 0.808. The standard InChI is InChI=1S/C24H30Cl2N2O3/c1-3-4-15-27-24(30)18(2)28(17-19-8-5-6-9-22(19)26)23(29)10-7-16-31-21-13-11-20(25)12-14-21/h5-6,8-9,11-14,18H,3-4,7,10,15-17H2,1-2H3,(H,27,30)/t18-/m1/s1. The van der Waals surface area contributed by atoms with Crippen LogP contribution in [0.1, 0.15) is 45.1 Å². The van der Waals surface area contributed by atoms with Gasteiger partial charge >= 0.3 is 0 Å². The van der Waals surface area contributed by atoms with Crippen molar-refractivity contribution in [2.75, 3.05) is 13.2 Å².